The van der Waals surface area contributed by atoms with Gasteiger partial charge < -0.3 is 25.3 Å². The molecule has 4 rings (SSSR count). The van der Waals surface area contributed by atoms with Crippen molar-refractivity contribution in [3.8, 4) is 0 Å². The summed E-state index contributed by atoms with van der Waals surface area (Å²) in [6, 6.07) is 14.2. The summed E-state index contributed by atoms with van der Waals surface area (Å²) >= 11 is 3.42. The van der Waals surface area contributed by atoms with Crippen LogP contribution in [-0.2, 0) is 40.6 Å². The second-order valence-corrected chi connectivity index (χ2v) is 10.1. The van der Waals surface area contributed by atoms with Gasteiger partial charge in [0, 0.05) is 15.7 Å². The van der Waals surface area contributed by atoms with Crippen molar-refractivity contribution in [3.05, 3.63) is 86.9 Å². The first-order chi connectivity index (χ1) is 16.4. The molecule has 3 N–H and O–H groups in total. The Kier molecular flexibility index (Phi) is 6.23. The monoisotopic (exact) mass is 540 g/mol. The number of halogens is 1. The number of nitrogens with two attached hydrogens (primary N) is 1. The normalized spacial score (nSPS) is 19.3. The summed E-state index contributed by atoms with van der Waals surface area (Å²) in [6.07, 6.45) is 0. The van der Waals surface area contributed by atoms with Crippen LogP contribution >= 0.6 is 15.9 Å². The lowest BCUT2D eigenvalue weighted by Gasteiger charge is -2.36. The van der Waals surface area contributed by atoms with Crippen molar-refractivity contribution in [2.45, 2.75) is 45.3 Å². The maximum atomic E-state index is 13.8. The fourth-order valence-corrected chi connectivity index (χ4v) is 4.65. The van der Waals surface area contributed by atoms with Gasteiger partial charge >= 0.3 is 11.9 Å². The fraction of sp³-hybridized carbons (Fsp3) is 0.269. The molecule has 0 aromatic heterocycles. The lowest BCUT2D eigenvalue weighted by Crippen LogP contribution is -2.49. The van der Waals surface area contributed by atoms with Gasteiger partial charge in [-0.1, -0.05) is 46.3 Å². The van der Waals surface area contributed by atoms with Crippen molar-refractivity contribution >= 4 is 39.5 Å². The van der Waals surface area contributed by atoms with Gasteiger partial charge in [-0.25, -0.2) is 9.59 Å². The van der Waals surface area contributed by atoms with E-state index in [1.54, 1.807) is 51.1 Å². The molecular formula is C26H25BrN2O6. The Hall–Kier alpha value is -3.59. The maximum absolute atomic E-state index is 13.8. The van der Waals surface area contributed by atoms with Crippen molar-refractivity contribution in [1.82, 2.24) is 0 Å². The molecule has 0 fully saturated rings. The summed E-state index contributed by atoms with van der Waals surface area (Å²) in [5, 5.41) is 2.78. The zero-order chi connectivity index (χ0) is 25.5. The number of benzene rings is 2. The Balaban J connectivity index is 1.90. The quantitative estimate of drug-likeness (QED) is 0.558. The molecule has 1 amide bonds. The highest BCUT2D eigenvalue weighted by molar-refractivity contribution is 9.10. The molecule has 8 nitrogen and oxygen atoms in total. The van der Waals surface area contributed by atoms with Crippen LogP contribution < -0.4 is 11.1 Å². The number of carbonyl (C=O) groups excluding carboxylic acids is 3. The Morgan fingerprint density at radius 1 is 1.09 bits per heavy atom. The number of hydrogen-bond acceptors (Lipinski definition) is 7. The number of nitrogens with one attached hydrogen (secondary N) is 1. The van der Waals surface area contributed by atoms with Gasteiger partial charge in [-0.3, -0.25) is 4.79 Å². The third-order valence-corrected chi connectivity index (χ3v) is 6.10. The molecule has 35 heavy (non-hydrogen) atoms. The number of amides is 1. The molecule has 0 saturated carbocycles. The molecule has 1 atom stereocenters. The van der Waals surface area contributed by atoms with Crippen molar-refractivity contribution in [2.24, 2.45) is 5.73 Å². The van der Waals surface area contributed by atoms with Crippen LogP contribution in [0.5, 0.6) is 0 Å². The topological polar surface area (TPSA) is 117 Å². The molecule has 2 aliphatic rings. The third kappa shape index (κ3) is 4.32. The Morgan fingerprint density at radius 2 is 1.77 bits per heavy atom. The highest BCUT2D eigenvalue weighted by atomic mass is 79.9. The van der Waals surface area contributed by atoms with Crippen LogP contribution in [0.2, 0.25) is 0 Å². The van der Waals surface area contributed by atoms with Crippen molar-refractivity contribution in [1.29, 1.82) is 0 Å². The van der Waals surface area contributed by atoms with E-state index in [9.17, 15) is 14.4 Å². The molecule has 182 valence electrons. The molecule has 0 bridgehead atoms. The maximum Gasteiger partial charge on any atom is 0.341 e. The Labute approximate surface area is 211 Å². The Morgan fingerprint density at radius 3 is 2.43 bits per heavy atom. The van der Waals surface area contributed by atoms with E-state index in [-0.39, 0.29) is 29.4 Å². The minimum atomic E-state index is -1.93. The van der Waals surface area contributed by atoms with Gasteiger partial charge in [-0.2, -0.15) is 0 Å². The van der Waals surface area contributed by atoms with Crippen LogP contribution in [0.1, 0.15) is 38.8 Å². The van der Waals surface area contributed by atoms with Gasteiger partial charge in [0.05, 0.1) is 0 Å². The largest absolute Gasteiger partial charge is 0.457 e. The second kappa shape index (κ2) is 8.88. The highest BCUT2D eigenvalue weighted by Crippen LogP contribution is 2.53. The van der Waals surface area contributed by atoms with Crippen LogP contribution in [0, 0.1) is 0 Å². The minimum Gasteiger partial charge on any atom is -0.457 e. The minimum absolute atomic E-state index is 0.0412. The fourth-order valence-electron chi connectivity index (χ4n) is 4.29. The SMILES string of the molecule is CC1=C(C(=O)OCc2ccccc2)C2(C(=O)Nc3ccc(Br)cc32)C(C(=O)OC(C)(C)C)=C(N)O1. The molecule has 0 saturated heterocycles. The molecule has 2 aromatic carbocycles. The smallest absolute Gasteiger partial charge is 0.341 e. The van der Waals surface area contributed by atoms with Gasteiger partial charge in [0.15, 0.2) is 0 Å². The summed E-state index contributed by atoms with van der Waals surface area (Å²) in [6.45, 7) is 6.53. The van der Waals surface area contributed by atoms with Crippen molar-refractivity contribution < 1.29 is 28.6 Å². The number of anilines is 1. The Bertz CT molecular complexity index is 1290. The third-order valence-electron chi connectivity index (χ3n) is 5.61. The predicted octanol–water partition coefficient (Wildman–Crippen LogP) is 4.20. The number of rotatable bonds is 4. The van der Waals surface area contributed by atoms with Gasteiger partial charge in [-0.05, 0) is 51.5 Å². The lowest BCUT2D eigenvalue weighted by atomic mass is 9.67. The number of ether oxygens (including phenoxy) is 3. The zero-order valence-electron chi connectivity index (χ0n) is 19.7. The number of allylic oxidation sites excluding steroid dienone is 1. The molecule has 0 radical (unpaired) electrons. The summed E-state index contributed by atoms with van der Waals surface area (Å²) in [4.78, 5) is 40.8. The van der Waals surface area contributed by atoms with Gasteiger partial charge in [0.25, 0.3) is 0 Å². The number of esters is 2. The van der Waals surface area contributed by atoms with E-state index in [1.165, 1.54) is 6.92 Å². The first-order valence-electron chi connectivity index (χ1n) is 10.9. The number of carbonyl (C=O) groups is 3. The van der Waals surface area contributed by atoms with E-state index in [4.69, 9.17) is 19.9 Å². The van der Waals surface area contributed by atoms with Crippen molar-refractivity contribution in [3.63, 3.8) is 0 Å². The summed E-state index contributed by atoms with van der Waals surface area (Å²) in [5.74, 6) is -2.60. The molecule has 2 heterocycles. The molecule has 1 unspecified atom stereocenters. The van der Waals surface area contributed by atoms with E-state index in [0.717, 1.165) is 5.56 Å². The average Bonchev–Trinajstić information content (AvgIpc) is 3.03. The second-order valence-electron chi connectivity index (χ2n) is 9.23. The van der Waals surface area contributed by atoms with Crippen LogP contribution in [0.25, 0.3) is 0 Å². The van der Waals surface area contributed by atoms with Crippen LogP contribution in [0.15, 0.2) is 75.8 Å². The number of fused-ring (bicyclic) bond motifs is 2. The van der Waals surface area contributed by atoms with E-state index < -0.39 is 28.9 Å². The molecule has 0 aliphatic carbocycles. The molecule has 9 heteroatoms. The van der Waals surface area contributed by atoms with E-state index in [1.807, 2.05) is 18.2 Å². The van der Waals surface area contributed by atoms with Gasteiger partial charge in [0.2, 0.25) is 11.8 Å². The predicted molar refractivity (Wildman–Crippen MR) is 132 cm³/mol. The van der Waals surface area contributed by atoms with Crippen LogP contribution in [0.4, 0.5) is 5.69 Å². The summed E-state index contributed by atoms with van der Waals surface area (Å²) in [5.41, 5.74) is 4.50. The number of hydrogen-bond donors (Lipinski definition) is 2. The van der Waals surface area contributed by atoms with Crippen molar-refractivity contribution in [2.75, 3.05) is 5.32 Å². The highest BCUT2D eigenvalue weighted by Gasteiger charge is 2.62. The zero-order valence-corrected chi connectivity index (χ0v) is 21.3. The molecular weight excluding hydrogens is 516 g/mol. The van der Waals surface area contributed by atoms with E-state index >= 15 is 0 Å². The molecule has 2 aromatic rings. The summed E-state index contributed by atoms with van der Waals surface area (Å²) < 4.78 is 17.5. The van der Waals surface area contributed by atoms with Gasteiger partial charge in [-0.15, -0.1) is 0 Å². The summed E-state index contributed by atoms with van der Waals surface area (Å²) in [7, 11) is 0. The van der Waals surface area contributed by atoms with Gasteiger partial charge in [0.1, 0.15) is 34.5 Å². The lowest BCUT2D eigenvalue weighted by molar-refractivity contribution is -0.152. The van der Waals surface area contributed by atoms with E-state index in [2.05, 4.69) is 21.2 Å². The molecule has 1 spiro atoms. The van der Waals surface area contributed by atoms with Crippen LogP contribution in [0.3, 0.4) is 0 Å². The first-order valence-corrected chi connectivity index (χ1v) is 11.7. The van der Waals surface area contributed by atoms with E-state index in [0.29, 0.717) is 15.7 Å². The standard InChI is InChI=1S/C26H25BrN2O6/c1-14-19(22(30)33-13-15-8-6-5-7-9-15)26(17-12-16(27)10-11-18(17)29-24(26)32)20(21(28)34-14)23(31)35-25(2,3)4/h5-12H,13,28H2,1-4H3,(H,29,32). The molecule has 2 aliphatic heterocycles. The average molecular weight is 541 g/mol. The first kappa shape index (κ1) is 24.5. The van der Waals surface area contributed by atoms with Crippen LogP contribution in [-0.4, -0.2) is 23.4 Å².